The maximum Gasteiger partial charge on any atom is 0.312 e. The summed E-state index contributed by atoms with van der Waals surface area (Å²) in [5.74, 6) is -1.10. The van der Waals surface area contributed by atoms with Crippen LogP contribution in [-0.2, 0) is 9.59 Å². The summed E-state index contributed by atoms with van der Waals surface area (Å²) >= 11 is 0. The molecule has 0 heterocycles. The third kappa shape index (κ3) is 2.97. The van der Waals surface area contributed by atoms with Gasteiger partial charge in [0.05, 0.1) is 16.9 Å². The van der Waals surface area contributed by atoms with E-state index in [1.807, 2.05) is 0 Å². The molecule has 196 valence electrons. The molecule has 5 aliphatic rings. The molecule has 4 fully saturated rings. The van der Waals surface area contributed by atoms with Gasteiger partial charge in [0, 0.05) is 0 Å². The number of allylic oxidation sites excluding steroid dienone is 2. The number of carbonyl (C=O) groups is 2. The van der Waals surface area contributed by atoms with Gasteiger partial charge in [0.25, 0.3) is 0 Å². The fourth-order valence-corrected chi connectivity index (χ4v) is 10.6. The van der Waals surface area contributed by atoms with Crippen molar-refractivity contribution in [2.45, 2.75) is 112 Å². The molecule has 0 bridgehead atoms. The van der Waals surface area contributed by atoms with Crippen molar-refractivity contribution in [3.8, 4) is 0 Å². The lowest BCUT2D eigenvalue weighted by molar-refractivity contribution is -0.217. The Morgan fingerprint density at radius 3 is 2.11 bits per heavy atom. The quantitative estimate of drug-likeness (QED) is 0.398. The number of carboxylic acids is 2. The summed E-state index contributed by atoms with van der Waals surface area (Å²) in [5, 5.41) is 31.6. The first kappa shape index (κ1) is 25.3. The van der Waals surface area contributed by atoms with E-state index in [4.69, 9.17) is 0 Å². The van der Waals surface area contributed by atoms with E-state index in [1.165, 1.54) is 5.57 Å². The van der Waals surface area contributed by atoms with E-state index in [-0.39, 0.29) is 33.5 Å². The van der Waals surface area contributed by atoms with Gasteiger partial charge in [-0.15, -0.1) is 0 Å². The molecule has 0 aromatic heterocycles. The lowest BCUT2D eigenvalue weighted by Gasteiger charge is -2.70. The number of rotatable bonds is 2. The Labute approximate surface area is 210 Å². The number of carboxylic acid groups (broad SMARTS) is 2. The molecule has 0 aromatic carbocycles. The molecule has 5 heteroatoms. The van der Waals surface area contributed by atoms with Crippen LogP contribution in [0.2, 0.25) is 0 Å². The van der Waals surface area contributed by atoms with E-state index in [2.05, 4.69) is 40.7 Å². The zero-order chi connectivity index (χ0) is 25.8. The average molecular weight is 487 g/mol. The molecule has 5 aliphatic carbocycles. The van der Waals surface area contributed by atoms with Gasteiger partial charge in [-0.05, 0) is 111 Å². The second-order valence-electron chi connectivity index (χ2n) is 14.8. The molecule has 1 unspecified atom stereocenters. The van der Waals surface area contributed by atoms with Crippen LogP contribution >= 0.6 is 0 Å². The van der Waals surface area contributed by atoms with E-state index >= 15 is 0 Å². The highest BCUT2D eigenvalue weighted by Gasteiger charge is 2.70. The fraction of sp³-hybridized carbons (Fsp3) is 0.867. The summed E-state index contributed by atoms with van der Waals surface area (Å²) < 4.78 is 0. The Kier molecular flexibility index (Phi) is 5.32. The fourth-order valence-electron chi connectivity index (χ4n) is 10.6. The molecule has 4 saturated carbocycles. The van der Waals surface area contributed by atoms with Gasteiger partial charge in [-0.1, -0.05) is 46.3 Å². The summed E-state index contributed by atoms with van der Waals surface area (Å²) in [6.45, 7) is 13.5. The van der Waals surface area contributed by atoms with Gasteiger partial charge < -0.3 is 15.3 Å². The highest BCUT2D eigenvalue weighted by atomic mass is 16.4. The van der Waals surface area contributed by atoms with Gasteiger partial charge in [0.2, 0.25) is 0 Å². The maximum absolute atomic E-state index is 12.8. The predicted octanol–water partition coefficient (Wildman–Crippen LogP) is 6.30. The molecule has 0 saturated heterocycles. The van der Waals surface area contributed by atoms with Crippen molar-refractivity contribution in [1.29, 1.82) is 0 Å². The lowest BCUT2D eigenvalue weighted by atomic mass is 9.33. The maximum atomic E-state index is 12.8. The Morgan fingerprint density at radius 2 is 1.49 bits per heavy atom. The third-order valence-electron chi connectivity index (χ3n) is 13.2. The summed E-state index contributed by atoms with van der Waals surface area (Å²) in [7, 11) is 0. The standard InChI is InChI=1S/C30H46O5/c1-25(2)13-15-30(24(34)35)16-14-27(4)18(19(30)17-25)7-8-20-26(3)11-10-22(31)29(6,23(32)33)21(26)9-12-28(20,27)5/h7,19-22,31H,8-17H2,1-6H3,(H,32,33)(H,34,35)/t19-,20+,21+,22?,26-,27-,28-,29+,30+/m1/s1. The highest BCUT2D eigenvalue weighted by Crippen LogP contribution is 2.75. The smallest absolute Gasteiger partial charge is 0.312 e. The van der Waals surface area contributed by atoms with Gasteiger partial charge in [0.15, 0.2) is 0 Å². The SMILES string of the molecule is CC1(C)CC[C@]2(C(=O)O)CC[C@]3(C)C(=CC[C@H]4[C@@]5(C)CCC(O)[C@@](C)(C(=O)O)[C@H]5CC[C@]43C)[C@H]2C1. The van der Waals surface area contributed by atoms with E-state index in [9.17, 15) is 24.9 Å². The Morgan fingerprint density at radius 1 is 0.829 bits per heavy atom. The van der Waals surface area contributed by atoms with Crippen LogP contribution in [0.1, 0.15) is 106 Å². The Bertz CT molecular complexity index is 983. The first-order chi connectivity index (χ1) is 16.1. The molecular formula is C30H46O5. The summed E-state index contributed by atoms with van der Waals surface area (Å²) in [5.41, 5.74) is -0.437. The molecule has 5 rings (SSSR count). The number of hydrogen-bond donors (Lipinski definition) is 3. The van der Waals surface area contributed by atoms with E-state index in [0.29, 0.717) is 12.3 Å². The van der Waals surface area contributed by atoms with Crippen LogP contribution in [0.5, 0.6) is 0 Å². The van der Waals surface area contributed by atoms with Gasteiger partial charge in [0.1, 0.15) is 0 Å². The van der Waals surface area contributed by atoms with Crippen LogP contribution < -0.4 is 0 Å². The van der Waals surface area contributed by atoms with E-state index in [0.717, 1.165) is 57.8 Å². The average Bonchev–Trinajstić information content (AvgIpc) is 2.76. The van der Waals surface area contributed by atoms with Crippen LogP contribution in [-0.4, -0.2) is 33.4 Å². The lowest BCUT2D eigenvalue weighted by Crippen LogP contribution is -2.66. The van der Waals surface area contributed by atoms with Crippen LogP contribution in [0, 0.1) is 50.2 Å². The number of aliphatic hydroxyl groups is 1. The minimum atomic E-state index is -1.11. The normalized spacial score (nSPS) is 52.7. The number of aliphatic hydroxyl groups excluding tert-OH is 1. The number of hydrogen-bond acceptors (Lipinski definition) is 3. The highest BCUT2D eigenvalue weighted by molar-refractivity contribution is 5.77. The van der Waals surface area contributed by atoms with Crippen molar-refractivity contribution < 1.29 is 24.9 Å². The first-order valence-corrected chi connectivity index (χ1v) is 13.9. The summed E-state index contributed by atoms with van der Waals surface area (Å²) in [6.07, 6.45) is 9.97. The van der Waals surface area contributed by atoms with Crippen molar-refractivity contribution in [3.63, 3.8) is 0 Å². The molecule has 0 aliphatic heterocycles. The molecule has 0 radical (unpaired) electrons. The topological polar surface area (TPSA) is 94.8 Å². The molecule has 5 nitrogen and oxygen atoms in total. The van der Waals surface area contributed by atoms with Crippen molar-refractivity contribution in [2.24, 2.45) is 50.2 Å². The van der Waals surface area contributed by atoms with Crippen LogP contribution in [0.25, 0.3) is 0 Å². The minimum Gasteiger partial charge on any atom is -0.481 e. The predicted molar refractivity (Wildman–Crippen MR) is 135 cm³/mol. The molecule has 0 aromatic rings. The van der Waals surface area contributed by atoms with Crippen molar-refractivity contribution in [3.05, 3.63) is 11.6 Å². The molecule has 0 spiro atoms. The molecule has 35 heavy (non-hydrogen) atoms. The Balaban J connectivity index is 1.60. The van der Waals surface area contributed by atoms with E-state index in [1.54, 1.807) is 6.92 Å². The summed E-state index contributed by atoms with van der Waals surface area (Å²) in [4.78, 5) is 25.3. The molecule has 9 atom stereocenters. The zero-order valence-corrected chi connectivity index (χ0v) is 22.6. The van der Waals surface area contributed by atoms with Gasteiger partial charge in [-0.2, -0.15) is 0 Å². The monoisotopic (exact) mass is 486 g/mol. The summed E-state index contributed by atoms with van der Waals surface area (Å²) in [6, 6.07) is 0. The molecule has 0 amide bonds. The van der Waals surface area contributed by atoms with Crippen LogP contribution in [0.4, 0.5) is 0 Å². The molecular weight excluding hydrogens is 440 g/mol. The first-order valence-electron chi connectivity index (χ1n) is 13.9. The van der Waals surface area contributed by atoms with Crippen LogP contribution in [0.3, 0.4) is 0 Å². The van der Waals surface area contributed by atoms with Gasteiger partial charge in [-0.25, -0.2) is 0 Å². The van der Waals surface area contributed by atoms with Gasteiger partial charge in [-0.3, -0.25) is 9.59 Å². The zero-order valence-electron chi connectivity index (χ0n) is 22.6. The number of aliphatic carboxylic acids is 2. The molecule has 3 N–H and O–H groups in total. The second kappa shape index (κ2) is 7.36. The minimum absolute atomic E-state index is 0.00368. The van der Waals surface area contributed by atoms with Crippen molar-refractivity contribution in [2.75, 3.05) is 0 Å². The largest absolute Gasteiger partial charge is 0.481 e. The number of fused-ring (bicyclic) bond motifs is 7. The Hall–Kier alpha value is -1.36. The van der Waals surface area contributed by atoms with Gasteiger partial charge >= 0.3 is 11.9 Å². The van der Waals surface area contributed by atoms with Crippen LogP contribution in [0.15, 0.2) is 11.6 Å². The van der Waals surface area contributed by atoms with E-state index < -0.39 is 28.9 Å². The third-order valence-corrected chi connectivity index (χ3v) is 13.2. The van der Waals surface area contributed by atoms with Crippen molar-refractivity contribution >= 4 is 11.9 Å². The second-order valence-corrected chi connectivity index (χ2v) is 14.8. The van der Waals surface area contributed by atoms with Crippen molar-refractivity contribution in [1.82, 2.24) is 0 Å².